The largest absolute Gasteiger partial charge is 0.466 e. The van der Waals surface area contributed by atoms with E-state index < -0.39 is 0 Å². The van der Waals surface area contributed by atoms with Gasteiger partial charge >= 0.3 is 0 Å². The Morgan fingerprint density at radius 1 is 1.30 bits per heavy atom. The number of benzene rings is 1. The molecule has 2 aromatic rings. The predicted octanol–water partition coefficient (Wildman–Crippen LogP) is 3.97. The summed E-state index contributed by atoms with van der Waals surface area (Å²) in [6.45, 7) is 3.49. The minimum atomic E-state index is -0.348. The summed E-state index contributed by atoms with van der Waals surface area (Å²) in [6.07, 6.45) is 1.41. The van der Waals surface area contributed by atoms with Gasteiger partial charge in [-0.25, -0.2) is 5.43 Å². The maximum absolute atomic E-state index is 11.9. The lowest BCUT2D eigenvalue weighted by atomic mass is 10.2. The third-order valence-corrected chi connectivity index (χ3v) is 3.30. The average molecular weight is 311 g/mol. The molecular formula is C14H12Cl2N2O2. The summed E-state index contributed by atoms with van der Waals surface area (Å²) >= 11 is 12.0. The molecule has 0 spiro atoms. The molecule has 0 atom stereocenters. The van der Waals surface area contributed by atoms with Gasteiger partial charge in [0.05, 0.1) is 21.8 Å². The zero-order valence-corrected chi connectivity index (χ0v) is 12.4. The number of furan rings is 1. The Morgan fingerprint density at radius 3 is 2.50 bits per heavy atom. The number of hydrogen-bond donors (Lipinski definition) is 1. The molecule has 20 heavy (non-hydrogen) atoms. The van der Waals surface area contributed by atoms with E-state index in [1.165, 1.54) is 6.21 Å². The van der Waals surface area contributed by atoms with E-state index in [2.05, 4.69) is 10.5 Å². The summed E-state index contributed by atoms with van der Waals surface area (Å²) in [5, 5.41) is 4.78. The molecule has 0 bridgehead atoms. The predicted molar refractivity (Wildman–Crippen MR) is 79.7 cm³/mol. The Morgan fingerprint density at radius 2 is 1.95 bits per heavy atom. The van der Waals surface area contributed by atoms with E-state index in [-0.39, 0.29) is 5.91 Å². The topological polar surface area (TPSA) is 54.6 Å². The number of nitrogens with one attached hydrogen (secondary N) is 1. The monoisotopic (exact) mass is 310 g/mol. The minimum Gasteiger partial charge on any atom is -0.466 e. The van der Waals surface area contributed by atoms with E-state index in [9.17, 15) is 4.79 Å². The van der Waals surface area contributed by atoms with Gasteiger partial charge in [0.2, 0.25) is 0 Å². The molecule has 1 N–H and O–H groups in total. The first kappa shape index (κ1) is 14.6. The van der Waals surface area contributed by atoms with Crippen LogP contribution < -0.4 is 5.43 Å². The molecule has 0 aliphatic heterocycles. The van der Waals surface area contributed by atoms with E-state index >= 15 is 0 Å². The fourth-order valence-corrected chi connectivity index (χ4v) is 2.20. The molecule has 1 heterocycles. The highest BCUT2D eigenvalue weighted by Gasteiger charge is 2.12. The molecule has 0 radical (unpaired) electrons. The number of carbonyl (C=O) groups excluding carboxylic acids is 1. The van der Waals surface area contributed by atoms with Crippen molar-refractivity contribution in [3.8, 4) is 0 Å². The van der Waals surface area contributed by atoms with Crippen LogP contribution in [0.25, 0.3) is 0 Å². The summed E-state index contributed by atoms with van der Waals surface area (Å²) in [5.74, 6) is 0.871. The van der Waals surface area contributed by atoms with Gasteiger partial charge in [0, 0.05) is 5.56 Å². The minimum absolute atomic E-state index is 0.348. The van der Waals surface area contributed by atoms with Gasteiger partial charge in [-0.3, -0.25) is 4.79 Å². The van der Waals surface area contributed by atoms with Gasteiger partial charge in [0.15, 0.2) is 0 Å². The van der Waals surface area contributed by atoms with Crippen LogP contribution in [0.1, 0.15) is 27.4 Å². The molecule has 0 aliphatic carbocycles. The number of carbonyl (C=O) groups is 1. The van der Waals surface area contributed by atoms with Crippen molar-refractivity contribution in [3.05, 3.63) is 57.0 Å². The highest BCUT2D eigenvalue weighted by Crippen LogP contribution is 2.22. The Labute approximate surface area is 126 Å². The van der Waals surface area contributed by atoms with Gasteiger partial charge in [-0.2, -0.15) is 5.10 Å². The van der Waals surface area contributed by atoms with Crippen LogP contribution >= 0.6 is 23.2 Å². The average Bonchev–Trinajstić information content (AvgIpc) is 2.72. The normalized spacial score (nSPS) is 11.0. The summed E-state index contributed by atoms with van der Waals surface area (Å²) in [4.78, 5) is 11.9. The molecule has 104 valence electrons. The maximum atomic E-state index is 11.9. The zero-order valence-electron chi connectivity index (χ0n) is 10.9. The summed E-state index contributed by atoms with van der Waals surface area (Å²) in [5.41, 5.74) is 3.41. The fourth-order valence-electron chi connectivity index (χ4n) is 1.71. The number of rotatable bonds is 3. The Bertz CT molecular complexity index is 658. The molecule has 0 saturated heterocycles. The SMILES string of the molecule is Cc1cc(C(=O)N/N=C\c2c(Cl)cccc2Cl)c(C)o1. The van der Waals surface area contributed by atoms with Crippen LogP contribution in [0.3, 0.4) is 0 Å². The molecule has 0 aliphatic rings. The number of hydrazone groups is 1. The second kappa shape index (κ2) is 6.11. The van der Waals surface area contributed by atoms with Gasteiger partial charge in [0.1, 0.15) is 11.5 Å². The van der Waals surface area contributed by atoms with Crippen molar-refractivity contribution in [2.75, 3.05) is 0 Å². The van der Waals surface area contributed by atoms with Gasteiger partial charge in [0.25, 0.3) is 5.91 Å². The van der Waals surface area contributed by atoms with Crippen LogP contribution in [0.5, 0.6) is 0 Å². The number of halogens is 2. The molecule has 6 heteroatoms. The van der Waals surface area contributed by atoms with Gasteiger partial charge in [-0.1, -0.05) is 29.3 Å². The third kappa shape index (κ3) is 3.21. The molecule has 0 fully saturated rings. The van der Waals surface area contributed by atoms with Crippen molar-refractivity contribution >= 4 is 35.3 Å². The van der Waals surface area contributed by atoms with Crippen molar-refractivity contribution < 1.29 is 9.21 Å². The summed E-state index contributed by atoms with van der Waals surface area (Å²) in [7, 11) is 0. The molecule has 1 aromatic carbocycles. The van der Waals surface area contributed by atoms with E-state index in [0.717, 1.165) is 0 Å². The fraction of sp³-hybridized carbons (Fsp3) is 0.143. The quantitative estimate of drug-likeness (QED) is 0.689. The van der Waals surface area contributed by atoms with Crippen LogP contribution in [0, 0.1) is 13.8 Å². The number of hydrogen-bond acceptors (Lipinski definition) is 3. The molecular weight excluding hydrogens is 299 g/mol. The summed E-state index contributed by atoms with van der Waals surface area (Å²) < 4.78 is 5.28. The van der Waals surface area contributed by atoms with E-state index in [1.807, 2.05) is 0 Å². The lowest BCUT2D eigenvalue weighted by Crippen LogP contribution is -2.17. The highest BCUT2D eigenvalue weighted by molar-refractivity contribution is 6.38. The van der Waals surface area contributed by atoms with Crippen LogP contribution in [0.2, 0.25) is 10.0 Å². The van der Waals surface area contributed by atoms with Crippen LogP contribution in [-0.4, -0.2) is 12.1 Å². The third-order valence-electron chi connectivity index (χ3n) is 2.65. The van der Waals surface area contributed by atoms with Crippen molar-refractivity contribution in [2.45, 2.75) is 13.8 Å². The van der Waals surface area contributed by atoms with Crippen LogP contribution in [0.15, 0.2) is 33.8 Å². The van der Waals surface area contributed by atoms with Crippen LogP contribution in [-0.2, 0) is 0 Å². The highest BCUT2D eigenvalue weighted by atomic mass is 35.5. The first-order chi connectivity index (χ1) is 9.49. The van der Waals surface area contributed by atoms with E-state index in [4.69, 9.17) is 27.6 Å². The lowest BCUT2D eigenvalue weighted by molar-refractivity contribution is 0.0953. The van der Waals surface area contributed by atoms with E-state index in [0.29, 0.717) is 32.7 Å². The molecule has 1 amide bonds. The molecule has 0 saturated carbocycles. The Kier molecular flexibility index (Phi) is 4.47. The smallest absolute Gasteiger partial charge is 0.274 e. The van der Waals surface area contributed by atoms with Crippen molar-refractivity contribution in [3.63, 3.8) is 0 Å². The van der Waals surface area contributed by atoms with Crippen molar-refractivity contribution in [1.29, 1.82) is 0 Å². The molecule has 4 nitrogen and oxygen atoms in total. The zero-order chi connectivity index (χ0) is 14.7. The summed E-state index contributed by atoms with van der Waals surface area (Å²) in [6, 6.07) is 6.78. The van der Waals surface area contributed by atoms with E-state index in [1.54, 1.807) is 38.1 Å². The van der Waals surface area contributed by atoms with Crippen LogP contribution in [0.4, 0.5) is 0 Å². The lowest BCUT2D eigenvalue weighted by Gasteiger charge is -2.01. The van der Waals surface area contributed by atoms with Gasteiger partial charge in [-0.15, -0.1) is 0 Å². The number of amides is 1. The standard InChI is InChI=1S/C14H12Cl2N2O2/c1-8-6-10(9(2)20-8)14(19)18-17-7-11-12(15)4-3-5-13(11)16/h3-7H,1-2H3,(H,18,19)/b17-7-. The molecule has 1 aromatic heterocycles. The first-order valence-electron chi connectivity index (χ1n) is 5.83. The first-order valence-corrected chi connectivity index (χ1v) is 6.59. The van der Waals surface area contributed by atoms with Gasteiger partial charge in [-0.05, 0) is 32.0 Å². The molecule has 0 unspecified atom stereocenters. The van der Waals surface area contributed by atoms with Crippen molar-refractivity contribution in [1.82, 2.24) is 5.43 Å². The second-order valence-corrected chi connectivity index (χ2v) is 4.98. The number of nitrogens with zero attached hydrogens (tertiary/aromatic N) is 1. The number of aryl methyl sites for hydroxylation is 2. The Hall–Kier alpha value is -1.78. The molecule has 2 rings (SSSR count). The van der Waals surface area contributed by atoms with Gasteiger partial charge < -0.3 is 4.42 Å². The van der Waals surface area contributed by atoms with Crippen molar-refractivity contribution in [2.24, 2.45) is 5.10 Å². The Balaban J connectivity index is 2.11. The maximum Gasteiger partial charge on any atom is 0.274 e. The second-order valence-electron chi connectivity index (χ2n) is 4.16.